The predicted molar refractivity (Wildman–Crippen MR) is 151 cm³/mol. The number of hydrogen-bond acceptors (Lipinski definition) is 3. The molecule has 0 aliphatic carbocycles. The summed E-state index contributed by atoms with van der Waals surface area (Å²) in [5.41, 5.74) is 5.65. The molecule has 4 aromatic rings. The molecule has 5 nitrogen and oxygen atoms in total. The number of halogens is 1. The Morgan fingerprint density at radius 1 is 0.946 bits per heavy atom. The highest BCUT2D eigenvalue weighted by atomic mass is 35.5. The van der Waals surface area contributed by atoms with E-state index in [4.69, 9.17) is 21.3 Å². The lowest BCUT2D eigenvalue weighted by Gasteiger charge is -2.13. The van der Waals surface area contributed by atoms with E-state index in [1.807, 2.05) is 42.5 Å². The normalized spacial score (nSPS) is 11.1. The third-order valence-electron chi connectivity index (χ3n) is 6.75. The second-order valence-electron chi connectivity index (χ2n) is 9.53. The molecule has 0 spiro atoms. The lowest BCUT2D eigenvalue weighted by atomic mass is 10.1. The van der Waals surface area contributed by atoms with Crippen LogP contribution >= 0.6 is 11.6 Å². The molecule has 0 radical (unpaired) electrons. The third-order valence-corrected chi connectivity index (χ3v) is 7.00. The first-order valence-electron chi connectivity index (χ1n) is 13.2. The van der Waals surface area contributed by atoms with E-state index in [0.29, 0.717) is 24.6 Å². The number of amides is 1. The van der Waals surface area contributed by atoms with Crippen LogP contribution in [0.5, 0.6) is 5.75 Å². The van der Waals surface area contributed by atoms with Crippen molar-refractivity contribution in [2.24, 2.45) is 0 Å². The fourth-order valence-electron chi connectivity index (χ4n) is 4.51. The van der Waals surface area contributed by atoms with Crippen LogP contribution in [0.15, 0.2) is 66.7 Å². The van der Waals surface area contributed by atoms with Gasteiger partial charge in [-0.25, -0.2) is 4.98 Å². The van der Waals surface area contributed by atoms with Crippen molar-refractivity contribution in [3.63, 3.8) is 0 Å². The fraction of sp³-hybridized carbons (Fsp3) is 0.355. The van der Waals surface area contributed by atoms with Gasteiger partial charge >= 0.3 is 0 Å². The molecule has 194 valence electrons. The number of aromatic nitrogens is 2. The summed E-state index contributed by atoms with van der Waals surface area (Å²) in [4.78, 5) is 17.1. The van der Waals surface area contributed by atoms with Crippen LogP contribution in [0, 0.1) is 13.8 Å². The summed E-state index contributed by atoms with van der Waals surface area (Å²) in [5.74, 6) is 2.14. The van der Waals surface area contributed by atoms with Crippen LogP contribution in [0.4, 0.5) is 0 Å². The van der Waals surface area contributed by atoms with Gasteiger partial charge in [0.15, 0.2) is 0 Å². The van der Waals surface area contributed by atoms with Gasteiger partial charge in [-0.05, 0) is 80.1 Å². The predicted octanol–water partition coefficient (Wildman–Crippen LogP) is 6.85. The SMILES string of the molecule is Cc1cccc(OCCCn2c(CCCCCNC(=O)Cc3ccc(Cl)cc3)nc3ccccc32)c1C. The number of carbonyl (C=O) groups excluding carboxylic acids is 1. The number of aryl methyl sites for hydroxylation is 3. The number of hydrogen-bond donors (Lipinski definition) is 1. The second-order valence-corrected chi connectivity index (χ2v) is 9.97. The number of nitrogens with zero attached hydrogens (tertiary/aromatic N) is 2. The number of rotatable bonds is 13. The van der Waals surface area contributed by atoms with E-state index in [-0.39, 0.29) is 5.91 Å². The maximum absolute atomic E-state index is 12.2. The monoisotopic (exact) mass is 517 g/mol. The van der Waals surface area contributed by atoms with Crippen molar-refractivity contribution >= 4 is 28.5 Å². The molecule has 6 heteroatoms. The molecule has 1 heterocycles. The minimum atomic E-state index is 0.0483. The summed E-state index contributed by atoms with van der Waals surface area (Å²) in [6.07, 6.45) is 5.26. The van der Waals surface area contributed by atoms with Crippen LogP contribution < -0.4 is 10.1 Å². The van der Waals surface area contributed by atoms with Crippen LogP contribution in [0.25, 0.3) is 11.0 Å². The molecule has 0 atom stereocenters. The average molecular weight is 518 g/mol. The van der Waals surface area contributed by atoms with Gasteiger partial charge in [0.1, 0.15) is 11.6 Å². The summed E-state index contributed by atoms with van der Waals surface area (Å²) in [5, 5.41) is 3.71. The molecular weight excluding hydrogens is 482 g/mol. The number of unbranched alkanes of at least 4 members (excludes halogenated alkanes) is 2. The Bertz CT molecular complexity index is 1310. The number of imidazole rings is 1. The van der Waals surface area contributed by atoms with Gasteiger partial charge in [-0.1, -0.05) is 54.4 Å². The lowest BCUT2D eigenvalue weighted by Crippen LogP contribution is -2.26. The molecule has 0 saturated carbocycles. The van der Waals surface area contributed by atoms with E-state index in [1.54, 1.807) is 0 Å². The van der Waals surface area contributed by atoms with E-state index in [9.17, 15) is 4.79 Å². The Balaban J connectivity index is 1.22. The maximum Gasteiger partial charge on any atom is 0.224 e. The first-order valence-corrected chi connectivity index (χ1v) is 13.5. The van der Waals surface area contributed by atoms with Crippen molar-refractivity contribution in [2.75, 3.05) is 13.2 Å². The summed E-state index contributed by atoms with van der Waals surface area (Å²) in [7, 11) is 0. The van der Waals surface area contributed by atoms with E-state index in [1.165, 1.54) is 16.6 Å². The summed E-state index contributed by atoms with van der Waals surface area (Å²) >= 11 is 5.91. The topological polar surface area (TPSA) is 56.1 Å². The van der Waals surface area contributed by atoms with Gasteiger partial charge in [0.2, 0.25) is 5.91 Å². The lowest BCUT2D eigenvalue weighted by molar-refractivity contribution is -0.120. The number of benzene rings is 3. The molecule has 1 N–H and O–H groups in total. The van der Waals surface area contributed by atoms with Crippen LogP contribution in [0.2, 0.25) is 5.02 Å². The molecule has 0 unspecified atom stereocenters. The highest BCUT2D eigenvalue weighted by Gasteiger charge is 2.11. The number of para-hydroxylation sites is 2. The quantitative estimate of drug-likeness (QED) is 0.197. The first-order chi connectivity index (χ1) is 18.0. The van der Waals surface area contributed by atoms with Gasteiger partial charge in [0.05, 0.1) is 24.1 Å². The zero-order valence-electron chi connectivity index (χ0n) is 21.8. The smallest absolute Gasteiger partial charge is 0.224 e. The van der Waals surface area contributed by atoms with E-state index < -0.39 is 0 Å². The number of fused-ring (bicyclic) bond motifs is 1. The molecular formula is C31H36ClN3O2. The van der Waals surface area contributed by atoms with E-state index >= 15 is 0 Å². The molecule has 0 bridgehead atoms. The fourth-order valence-corrected chi connectivity index (χ4v) is 4.64. The van der Waals surface area contributed by atoms with Gasteiger partial charge in [-0.3, -0.25) is 4.79 Å². The van der Waals surface area contributed by atoms with Crippen molar-refractivity contribution in [1.82, 2.24) is 14.9 Å². The zero-order chi connectivity index (χ0) is 26.0. The molecule has 37 heavy (non-hydrogen) atoms. The van der Waals surface area contributed by atoms with Gasteiger partial charge in [0.25, 0.3) is 0 Å². The largest absolute Gasteiger partial charge is 0.493 e. The Morgan fingerprint density at radius 3 is 2.59 bits per heavy atom. The number of nitrogens with one attached hydrogen (secondary N) is 1. The van der Waals surface area contributed by atoms with Crippen molar-refractivity contribution in [1.29, 1.82) is 0 Å². The maximum atomic E-state index is 12.2. The summed E-state index contributed by atoms with van der Waals surface area (Å²) < 4.78 is 8.42. The standard InChI is InChI=1S/C31H36ClN3O2/c1-23-10-8-13-29(24(23)2)37-21-9-20-35-28-12-6-5-11-27(28)34-30(35)14-4-3-7-19-33-31(36)22-25-15-17-26(32)18-16-25/h5-6,8,10-13,15-18H,3-4,7,9,14,19-22H2,1-2H3,(H,33,36). The van der Waals surface area contributed by atoms with Crippen LogP contribution in [-0.2, 0) is 24.2 Å². The van der Waals surface area contributed by atoms with Gasteiger partial charge < -0.3 is 14.6 Å². The average Bonchev–Trinajstić information content (AvgIpc) is 3.25. The summed E-state index contributed by atoms with van der Waals surface area (Å²) in [6.45, 7) is 6.46. The third kappa shape index (κ3) is 7.59. The number of carbonyl (C=O) groups is 1. The summed E-state index contributed by atoms with van der Waals surface area (Å²) in [6, 6.07) is 22.0. The molecule has 3 aromatic carbocycles. The molecule has 4 rings (SSSR count). The number of ether oxygens (including phenoxy) is 1. The van der Waals surface area contributed by atoms with Crippen LogP contribution in [0.3, 0.4) is 0 Å². The van der Waals surface area contributed by atoms with Crippen molar-refractivity contribution in [3.05, 3.63) is 94.3 Å². The Labute approximate surface area is 224 Å². The molecule has 1 amide bonds. The second kappa shape index (κ2) is 13.3. The Kier molecular flexibility index (Phi) is 9.61. The Morgan fingerprint density at radius 2 is 1.76 bits per heavy atom. The van der Waals surface area contributed by atoms with Crippen molar-refractivity contribution in [3.8, 4) is 5.75 Å². The first kappa shape index (κ1) is 26.7. The van der Waals surface area contributed by atoms with E-state index in [2.05, 4.69) is 48.0 Å². The van der Waals surface area contributed by atoms with E-state index in [0.717, 1.165) is 61.3 Å². The molecule has 1 aromatic heterocycles. The highest BCUT2D eigenvalue weighted by Crippen LogP contribution is 2.22. The minimum absolute atomic E-state index is 0.0483. The van der Waals surface area contributed by atoms with Crippen molar-refractivity contribution < 1.29 is 9.53 Å². The molecule has 0 aliphatic heterocycles. The highest BCUT2D eigenvalue weighted by molar-refractivity contribution is 6.30. The molecule has 0 saturated heterocycles. The van der Waals surface area contributed by atoms with Crippen molar-refractivity contribution in [2.45, 2.75) is 58.9 Å². The van der Waals surface area contributed by atoms with Crippen LogP contribution in [-0.4, -0.2) is 28.6 Å². The van der Waals surface area contributed by atoms with Gasteiger partial charge in [-0.15, -0.1) is 0 Å². The van der Waals surface area contributed by atoms with Crippen LogP contribution in [0.1, 0.15) is 48.2 Å². The zero-order valence-corrected chi connectivity index (χ0v) is 22.6. The molecule has 0 fully saturated rings. The van der Waals surface area contributed by atoms with Gasteiger partial charge in [0, 0.05) is 24.5 Å². The minimum Gasteiger partial charge on any atom is -0.493 e. The molecule has 0 aliphatic rings. The van der Waals surface area contributed by atoms with Gasteiger partial charge in [-0.2, -0.15) is 0 Å². The Hall–Kier alpha value is -3.31.